The van der Waals surface area contributed by atoms with Crippen molar-refractivity contribution in [2.24, 2.45) is 0 Å². The van der Waals surface area contributed by atoms with Crippen molar-refractivity contribution >= 4 is 27.0 Å². The van der Waals surface area contributed by atoms with E-state index in [1.807, 2.05) is 0 Å². The molecule has 0 radical (unpaired) electrons. The lowest BCUT2D eigenvalue weighted by Gasteiger charge is -2.05. The quantitative estimate of drug-likeness (QED) is 0.528. The van der Waals surface area contributed by atoms with Crippen LogP contribution >= 0.6 is 0 Å². The maximum atomic E-state index is 11.7. The minimum absolute atomic E-state index is 0.166. The maximum Gasteiger partial charge on any atom is 0.331 e. The van der Waals surface area contributed by atoms with Gasteiger partial charge in [-0.1, -0.05) is 4.89 Å². The topological polar surface area (TPSA) is 141 Å². The van der Waals surface area contributed by atoms with Crippen molar-refractivity contribution in [3.8, 4) is 0 Å². The number of benzene rings is 1. The van der Waals surface area contributed by atoms with Gasteiger partial charge in [0.25, 0.3) is 10.0 Å². The van der Waals surface area contributed by atoms with Crippen molar-refractivity contribution in [2.45, 2.75) is 4.90 Å². The zero-order chi connectivity index (χ0) is 14.0. The van der Waals surface area contributed by atoms with Gasteiger partial charge in [0.1, 0.15) is 0 Å². The SMILES string of the molecule is O=C(O)CONS(=O)(=O)c1ccc2[nH]c(=O)[nH]c2c1. The number of carbonyl (C=O) groups is 1. The van der Waals surface area contributed by atoms with E-state index in [-0.39, 0.29) is 4.90 Å². The zero-order valence-corrected chi connectivity index (χ0v) is 10.2. The van der Waals surface area contributed by atoms with Crippen LogP contribution in [-0.4, -0.2) is 36.1 Å². The van der Waals surface area contributed by atoms with Crippen molar-refractivity contribution in [2.75, 3.05) is 6.61 Å². The summed E-state index contributed by atoms with van der Waals surface area (Å²) in [5.41, 5.74) is 0.307. The van der Waals surface area contributed by atoms with Gasteiger partial charge in [-0.15, -0.1) is 0 Å². The monoisotopic (exact) mass is 287 g/mol. The molecule has 0 saturated heterocycles. The Morgan fingerprint density at radius 2 is 2.00 bits per heavy atom. The van der Waals surface area contributed by atoms with Crippen LogP contribution in [-0.2, 0) is 19.7 Å². The molecule has 0 aliphatic rings. The Morgan fingerprint density at radius 3 is 2.68 bits per heavy atom. The average Bonchev–Trinajstić information content (AvgIpc) is 2.67. The first-order chi connectivity index (χ1) is 8.88. The Kier molecular flexibility index (Phi) is 3.38. The second-order valence-corrected chi connectivity index (χ2v) is 5.20. The van der Waals surface area contributed by atoms with E-state index in [2.05, 4.69) is 14.8 Å². The summed E-state index contributed by atoms with van der Waals surface area (Å²) >= 11 is 0. The van der Waals surface area contributed by atoms with E-state index in [0.717, 1.165) is 0 Å². The van der Waals surface area contributed by atoms with Crippen LogP contribution in [0, 0.1) is 0 Å². The molecular weight excluding hydrogens is 278 g/mol. The molecule has 1 aromatic carbocycles. The van der Waals surface area contributed by atoms with Gasteiger partial charge in [0.15, 0.2) is 6.61 Å². The average molecular weight is 287 g/mol. The smallest absolute Gasteiger partial charge is 0.331 e. The molecule has 2 aromatic rings. The van der Waals surface area contributed by atoms with E-state index in [9.17, 15) is 18.0 Å². The van der Waals surface area contributed by atoms with Crippen molar-refractivity contribution in [1.82, 2.24) is 14.9 Å². The number of aliphatic carboxylic acids is 1. The van der Waals surface area contributed by atoms with Gasteiger partial charge in [-0.25, -0.2) is 18.0 Å². The number of aromatic amines is 2. The van der Waals surface area contributed by atoms with Gasteiger partial charge in [-0.2, -0.15) is 0 Å². The second-order valence-electron chi connectivity index (χ2n) is 3.56. The minimum Gasteiger partial charge on any atom is -0.479 e. The van der Waals surface area contributed by atoms with Gasteiger partial charge in [-0.05, 0) is 18.2 Å². The fourth-order valence-electron chi connectivity index (χ4n) is 1.40. The van der Waals surface area contributed by atoms with Crippen LogP contribution in [0.1, 0.15) is 0 Å². The number of hydrogen-bond acceptors (Lipinski definition) is 5. The first-order valence-corrected chi connectivity index (χ1v) is 6.44. The molecule has 9 nitrogen and oxygen atoms in total. The summed E-state index contributed by atoms with van der Waals surface area (Å²) < 4.78 is 23.5. The molecule has 0 fully saturated rings. The Bertz CT molecular complexity index is 775. The number of fused-ring (bicyclic) bond motifs is 1. The molecule has 2 rings (SSSR count). The molecule has 0 amide bonds. The Morgan fingerprint density at radius 1 is 1.32 bits per heavy atom. The van der Waals surface area contributed by atoms with E-state index >= 15 is 0 Å². The molecule has 0 aliphatic heterocycles. The van der Waals surface area contributed by atoms with E-state index in [4.69, 9.17) is 5.11 Å². The number of carboxylic acids is 1. The third-order valence-corrected chi connectivity index (χ3v) is 3.37. The van der Waals surface area contributed by atoms with Crippen LogP contribution in [0.4, 0.5) is 0 Å². The fraction of sp³-hybridized carbons (Fsp3) is 0.111. The maximum absolute atomic E-state index is 11.7. The molecule has 4 N–H and O–H groups in total. The summed E-state index contributed by atoms with van der Waals surface area (Å²) in [4.78, 5) is 31.9. The van der Waals surface area contributed by atoms with E-state index in [0.29, 0.717) is 11.0 Å². The molecule has 0 spiro atoms. The lowest BCUT2D eigenvalue weighted by atomic mass is 10.3. The van der Waals surface area contributed by atoms with Gasteiger partial charge in [0, 0.05) is 0 Å². The summed E-state index contributed by atoms with van der Waals surface area (Å²) in [6.07, 6.45) is 0. The van der Waals surface area contributed by atoms with Gasteiger partial charge >= 0.3 is 11.7 Å². The summed E-state index contributed by atoms with van der Waals surface area (Å²) in [5.74, 6) is -1.31. The largest absolute Gasteiger partial charge is 0.479 e. The molecule has 10 heteroatoms. The van der Waals surface area contributed by atoms with E-state index in [1.165, 1.54) is 18.2 Å². The number of sulfonamides is 1. The highest BCUT2D eigenvalue weighted by Gasteiger charge is 2.16. The van der Waals surface area contributed by atoms with E-state index in [1.54, 1.807) is 4.89 Å². The van der Waals surface area contributed by atoms with Crippen LogP contribution in [0.2, 0.25) is 0 Å². The predicted molar refractivity (Wildman–Crippen MR) is 62.8 cm³/mol. The number of carboxylic acid groups (broad SMARTS) is 1. The van der Waals surface area contributed by atoms with Crippen molar-refractivity contribution < 1.29 is 23.2 Å². The summed E-state index contributed by atoms with van der Waals surface area (Å²) in [6, 6.07) is 3.87. The Labute approximate surface area is 106 Å². The number of H-pyrrole nitrogens is 2. The first kappa shape index (κ1) is 13.3. The Balaban J connectivity index is 2.26. The lowest BCUT2D eigenvalue weighted by molar-refractivity contribution is -0.143. The highest BCUT2D eigenvalue weighted by Crippen LogP contribution is 2.14. The normalized spacial score (nSPS) is 11.8. The number of aromatic nitrogens is 2. The predicted octanol–water partition coefficient (Wildman–Crippen LogP) is -0.849. The van der Waals surface area contributed by atoms with Crippen molar-refractivity contribution in [3.05, 3.63) is 28.7 Å². The van der Waals surface area contributed by atoms with Gasteiger partial charge in [-0.3, -0.25) is 4.84 Å². The van der Waals surface area contributed by atoms with Crippen LogP contribution in [0.5, 0.6) is 0 Å². The molecule has 1 heterocycles. The van der Waals surface area contributed by atoms with Gasteiger partial charge < -0.3 is 15.1 Å². The number of nitrogens with one attached hydrogen (secondary N) is 3. The summed E-state index contributed by atoms with van der Waals surface area (Å²) in [6.45, 7) is -0.803. The lowest BCUT2D eigenvalue weighted by Crippen LogP contribution is -2.26. The van der Waals surface area contributed by atoms with Crippen LogP contribution in [0.15, 0.2) is 27.9 Å². The standard InChI is InChI=1S/C9H9N3O6S/c13-8(14)4-18-12-19(16,17)5-1-2-6-7(3-5)11-9(15)10-6/h1-3,12H,4H2,(H,13,14)(H2,10,11,15). The molecule has 0 unspecified atom stereocenters. The van der Waals surface area contributed by atoms with Crippen LogP contribution in [0.3, 0.4) is 0 Å². The number of imidazole rings is 1. The van der Waals surface area contributed by atoms with Gasteiger partial charge in [0.2, 0.25) is 0 Å². The third-order valence-electron chi connectivity index (χ3n) is 2.16. The van der Waals surface area contributed by atoms with Crippen LogP contribution < -0.4 is 10.6 Å². The molecular formula is C9H9N3O6S. The fourth-order valence-corrected chi connectivity index (χ4v) is 2.23. The van der Waals surface area contributed by atoms with Crippen molar-refractivity contribution in [1.29, 1.82) is 0 Å². The number of rotatable bonds is 5. The highest BCUT2D eigenvalue weighted by molar-refractivity contribution is 7.89. The second kappa shape index (κ2) is 4.84. The van der Waals surface area contributed by atoms with Crippen molar-refractivity contribution in [3.63, 3.8) is 0 Å². The van der Waals surface area contributed by atoms with E-state index < -0.39 is 28.3 Å². The third kappa shape index (κ3) is 2.99. The number of hydrogen-bond donors (Lipinski definition) is 4. The van der Waals surface area contributed by atoms with Gasteiger partial charge in [0.05, 0.1) is 15.9 Å². The Hall–Kier alpha value is -2.17. The molecule has 0 atom stereocenters. The molecule has 0 bridgehead atoms. The molecule has 1 aromatic heterocycles. The molecule has 0 saturated carbocycles. The molecule has 0 aliphatic carbocycles. The van der Waals surface area contributed by atoms with Crippen LogP contribution in [0.25, 0.3) is 11.0 Å². The molecule has 19 heavy (non-hydrogen) atoms. The molecule has 102 valence electrons. The highest BCUT2D eigenvalue weighted by atomic mass is 32.2. The summed E-state index contributed by atoms with van der Waals surface area (Å²) in [5, 5.41) is 8.32. The first-order valence-electron chi connectivity index (χ1n) is 4.96. The summed E-state index contributed by atoms with van der Waals surface area (Å²) in [7, 11) is -4.01. The minimum atomic E-state index is -4.01. The zero-order valence-electron chi connectivity index (χ0n) is 9.34.